The fraction of sp³-hybridized carbons (Fsp3) is 0.0588. The second kappa shape index (κ2) is 5.81. The summed E-state index contributed by atoms with van der Waals surface area (Å²) < 4.78 is 1.13. The van der Waals surface area contributed by atoms with Gasteiger partial charge in [-0.15, -0.1) is 11.8 Å². The minimum Gasteiger partial charge on any atom is -0.121 e. The van der Waals surface area contributed by atoms with Crippen LogP contribution in [0.2, 0.25) is 0 Å². The summed E-state index contributed by atoms with van der Waals surface area (Å²) in [5.74, 6) is 1.01. The van der Waals surface area contributed by atoms with Gasteiger partial charge >= 0.3 is 0 Å². The van der Waals surface area contributed by atoms with Gasteiger partial charge in [0.25, 0.3) is 0 Å². The Labute approximate surface area is 126 Å². The topological polar surface area (TPSA) is 0 Å². The van der Waals surface area contributed by atoms with Gasteiger partial charge in [0.05, 0.1) is 0 Å². The Morgan fingerprint density at radius 1 is 0.789 bits per heavy atom. The van der Waals surface area contributed by atoms with Crippen molar-refractivity contribution in [3.8, 4) is 0 Å². The van der Waals surface area contributed by atoms with Crippen molar-refractivity contribution >= 4 is 38.5 Å². The van der Waals surface area contributed by atoms with Crippen LogP contribution in [0, 0.1) is 0 Å². The molecule has 94 valence electrons. The molecule has 0 N–H and O–H groups in total. The van der Waals surface area contributed by atoms with E-state index in [1.54, 1.807) is 0 Å². The van der Waals surface area contributed by atoms with Crippen molar-refractivity contribution in [1.82, 2.24) is 0 Å². The largest absolute Gasteiger partial charge is 0.121 e. The van der Waals surface area contributed by atoms with Gasteiger partial charge < -0.3 is 0 Å². The van der Waals surface area contributed by atoms with Gasteiger partial charge in [0.1, 0.15) is 0 Å². The lowest BCUT2D eigenvalue weighted by Gasteiger charge is -2.04. The molecule has 0 amide bonds. The van der Waals surface area contributed by atoms with Crippen molar-refractivity contribution in [3.05, 3.63) is 76.8 Å². The van der Waals surface area contributed by atoms with E-state index >= 15 is 0 Å². The molecule has 0 bridgehead atoms. The highest BCUT2D eigenvalue weighted by Crippen LogP contribution is 2.26. The molecule has 0 saturated heterocycles. The Morgan fingerprint density at radius 3 is 2.32 bits per heavy atom. The number of halogens is 1. The first-order chi connectivity index (χ1) is 9.31. The van der Waals surface area contributed by atoms with Crippen LogP contribution >= 0.6 is 27.7 Å². The van der Waals surface area contributed by atoms with Gasteiger partial charge in [-0.1, -0.05) is 58.4 Å². The molecule has 0 nitrogen and oxygen atoms in total. The highest BCUT2D eigenvalue weighted by molar-refractivity contribution is 9.10. The number of hydrogen-bond acceptors (Lipinski definition) is 1. The number of benzene rings is 3. The van der Waals surface area contributed by atoms with E-state index in [1.165, 1.54) is 21.2 Å². The van der Waals surface area contributed by atoms with Crippen molar-refractivity contribution in [2.45, 2.75) is 10.6 Å². The summed E-state index contributed by atoms with van der Waals surface area (Å²) >= 11 is 5.34. The van der Waals surface area contributed by atoms with Crippen molar-refractivity contribution in [1.29, 1.82) is 0 Å². The highest BCUT2D eigenvalue weighted by atomic mass is 79.9. The second-order valence-electron chi connectivity index (χ2n) is 4.42. The van der Waals surface area contributed by atoms with Crippen LogP contribution in [-0.4, -0.2) is 0 Å². The summed E-state index contributed by atoms with van der Waals surface area (Å²) in [6, 6.07) is 23.7. The van der Waals surface area contributed by atoms with E-state index in [-0.39, 0.29) is 0 Å². The number of hydrogen-bond donors (Lipinski definition) is 0. The lowest BCUT2D eigenvalue weighted by atomic mass is 10.1. The van der Waals surface area contributed by atoms with Crippen molar-refractivity contribution in [3.63, 3.8) is 0 Å². The summed E-state index contributed by atoms with van der Waals surface area (Å²) in [5.41, 5.74) is 1.35. The first-order valence-electron chi connectivity index (χ1n) is 6.17. The molecule has 0 aromatic heterocycles. The summed E-state index contributed by atoms with van der Waals surface area (Å²) in [6.07, 6.45) is 0. The van der Waals surface area contributed by atoms with Crippen LogP contribution in [0.1, 0.15) is 5.56 Å². The van der Waals surface area contributed by atoms with Crippen LogP contribution in [0.3, 0.4) is 0 Å². The van der Waals surface area contributed by atoms with E-state index < -0.39 is 0 Å². The quantitative estimate of drug-likeness (QED) is 0.540. The number of thioether (sulfide) groups is 1. The summed E-state index contributed by atoms with van der Waals surface area (Å²) in [5, 5.41) is 2.61. The first-order valence-corrected chi connectivity index (χ1v) is 7.95. The third-order valence-electron chi connectivity index (χ3n) is 3.04. The standard InChI is InChI=1S/C17H13BrS/c18-16-8-5-13(6-9-16)12-19-17-10-7-14-3-1-2-4-15(14)11-17/h1-11H,12H2. The molecule has 3 rings (SSSR count). The lowest BCUT2D eigenvalue weighted by molar-refractivity contribution is 1.38. The molecule has 0 unspecified atom stereocenters. The molecule has 0 heterocycles. The molecule has 0 aliphatic rings. The zero-order valence-corrected chi connectivity index (χ0v) is 12.7. The Hall–Kier alpha value is -1.25. The van der Waals surface area contributed by atoms with Gasteiger partial charge in [0.15, 0.2) is 0 Å². The third-order valence-corrected chi connectivity index (χ3v) is 4.63. The fourth-order valence-electron chi connectivity index (χ4n) is 2.00. The highest BCUT2D eigenvalue weighted by Gasteiger charge is 1.98. The minimum atomic E-state index is 1.01. The van der Waals surface area contributed by atoms with Crippen molar-refractivity contribution in [2.75, 3.05) is 0 Å². The molecule has 0 atom stereocenters. The zero-order valence-electron chi connectivity index (χ0n) is 10.3. The molecule has 0 radical (unpaired) electrons. The normalized spacial score (nSPS) is 10.8. The molecule has 0 aliphatic heterocycles. The maximum absolute atomic E-state index is 3.46. The van der Waals surface area contributed by atoms with Crippen LogP contribution in [0.5, 0.6) is 0 Å². The van der Waals surface area contributed by atoms with E-state index in [0.29, 0.717) is 0 Å². The lowest BCUT2D eigenvalue weighted by Crippen LogP contribution is -1.80. The molecule has 0 aliphatic carbocycles. The predicted molar refractivity (Wildman–Crippen MR) is 87.7 cm³/mol. The molecule has 3 aromatic carbocycles. The predicted octanol–water partition coefficient (Wildman–Crippen LogP) is 5.89. The van der Waals surface area contributed by atoms with E-state index in [1.807, 2.05) is 11.8 Å². The van der Waals surface area contributed by atoms with E-state index in [9.17, 15) is 0 Å². The maximum Gasteiger partial charge on any atom is 0.0232 e. The van der Waals surface area contributed by atoms with E-state index in [0.717, 1.165) is 10.2 Å². The molecule has 2 heteroatoms. The van der Waals surface area contributed by atoms with Crippen LogP contribution in [0.4, 0.5) is 0 Å². The second-order valence-corrected chi connectivity index (χ2v) is 6.39. The monoisotopic (exact) mass is 328 g/mol. The zero-order chi connectivity index (χ0) is 13.1. The van der Waals surface area contributed by atoms with Gasteiger partial charge in [-0.2, -0.15) is 0 Å². The number of rotatable bonds is 3. The summed E-state index contributed by atoms with van der Waals surface area (Å²) in [7, 11) is 0. The van der Waals surface area contributed by atoms with E-state index in [2.05, 4.69) is 82.7 Å². The fourth-order valence-corrected chi connectivity index (χ4v) is 3.17. The summed E-state index contributed by atoms with van der Waals surface area (Å²) in [6.45, 7) is 0. The Morgan fingerprint density at radius 2 is 1.53 bits per heavy atom. The van der Waals surface area contributed by atoms with Gasteiger partial charge in [-0.25, -0.2) is 0 Å². The van der Waals surface area contributed by atoms with Crippen LogP contribution in [0.25, 0.3) is 10.8 Å². The van der Waals surface area contributed by atoms with Crippen LogP contribution in [0.15, 0.2) is 76.1 Å². The smallest absolute Gasteiger partial charge is 0.0232 e. The molecule has 0 spiro atoms. The SMILES string of the molecule is Brc1ccc(CSc2ccc3ccccc3c2)cc1. The molecular formula is C17H13BrS. The molecular weight excluding hydrogens is 316 g/mol. The van der Waals surface area contributed by atoms with Crippen LogP contribution in [-0.2, 0) is 5.75 Å². The van der Waals surface area contributed by atoms with Gasteiger partial charge in [-0.3, -0.25) is 0 Å². The molecule has 0 fully saturated rings. The molecule has 3 aromatic rings. The van der Waals surface area contributed by atoms with Crippen molar-refractivity contribution < 1.29 is 0 Å². The summed E-state index contributed by atoms with van der Waals surface area (Å²) in [4.78, 5) is 1.32. The minimum absolute atomic E-state index is 1.01. The van der Waals surface area contributed by atoms with Gasteiger partial charge in [0, 0.05) is 15.1 Å². The molecule has 19 heavy (non-hydrogen) atoms. The Bertz CT molecular complexity index is 689. The number of fused-ring (bicyclic) bond motifs is 1. The average Bonchev–Trinajstić information content (AvgIpc) is 2.46. The van der Waals surface area contributed by atoms with Gasteiger partial charge in [0.2, 0.25) is 0 Å². The van der Waals surface area contributed by atoms with Gasteiger partial charge in [-0.05, 0) is 40.6 Å². The third kappa shape index (κ3) is 3.20. The van der Waals surface area contributed by atoms with Crippen LogP contribution < -0.4 is 0 Å². The average molecular weight is 329 g/mol. The Kier molecular flexibility index (Phi) is 3.90. The molecule has 0 saturated carbocycles. The maximum atomic E-state index is 3.46. The van der Waals surface area contributed by atoms with Crippen molar-refractivity contribution in [2.24, 2.45) is 0 Å². The van der Waals surface area contributed by atoms with E-state index in [4.69, 9.17) is 0 Å². The Balaban J connectivity index is 1.76. The first kappa shape index (κ1) is 12.8.